The Morgan fingerprint density at radius 1 is 1.35 bits per heavy atom. The largest absolute Gasteiger partial charge is 0.507 e. The Labute approximate surface area is 99.4 Å². The van der Waals surface area contributed by atoms with E-state index in [1.54, 1.807) is 13.0 Å². The molecule has 94 valence electrons. The zero-order valence-electron chi connectivity index (χ0n) is 9.60. The van der Waals surface area contributed by atoms with E-state index in [1.165, 1.54) is 12.1 Å². The molecule has 0 radical (unpaired) electrons. The van der Waals surface area contributed by atoms with Crippen molar-refractivity contribution in [2.24, 2.45) is 5.73 Å². The predicted molar refractivity (Wildman–Crippen MR) is 63.8 cm³/mol. The van der Waals surface area contributed by atoms with Gasteiger partial charge in [0, 0.05) is 19.1 Å². The number of benzene rings is 1. The minimum atomic E-state index is -0.579. The van der Waals surface area contributed by atoms with E-state index in [4.69, 9.17) is 5.73 Å². The second kappa shape index (κ2) is 5.95. The third-order valence-corrected chi connectivity index (χ3v) is 2.37. The third-order valence-electron chi connectivity index (χ3n) is 2.37. The van der Waals surface area contributed by atoms with Crippen molar-refractivity contribution in [3.63, 3.8) is 0 Å². The van der Waals surface area contributed by atoms with E-state index in [0.29, 0.717) is 18.7 Å². The van der Waals surface area contributed by atoms with Gasteiger partial charge in [0.05, 0.1) is 5.56 Å². The Hall–Kier alpha value is -1.95. The average Bonchev–Trinajstić information content (AvgIpc) is 2.24. The van der Waals surface area contributed by atoms with E-state index >= 15 is 0 Å². The van der Waals surface area contributed by atoms with Crippen molar-refractivity contribution in [1.82, 2.24) is 10.6 Å². The number of phenolic OH excluding ortho intramolecular Hbond substituents is 2. The van der Waals surface area contributed by atoms with Gasteiger partial charge < -0.3 is 26.6 Å². The summed E-state index contributed by atoms with van der Waals surface area (Å²) in [7, 11) is 0. The smallest absolute Gasteiger partial charge is 0.312 e. The van der Waals surface area contributed by atoms with Crippen LogP contribution in [0.5, 0.6) is 11.5 Å². The fourth-order valence-electron chi connectivity index (χ4n) is 1.56. The van der Waals surface area contributed by atoms with Crippen LogP contribution in [-0.2, 0) is 0 Å². The molecule has 0 saturated carbocycles. The number of amides is 2. The SMILES string of the molecule is CC(NCCNC(N)=O)c1c(O)cccc1O. The minimum absolute atomic E-state index is 0.0351. The molecule has 0 aliphatic rings. The standard InChI is InChI=1S/C11H17N3O3/c1-7(13-5-6-14-11(12)17)10-8(15)3-2-4-9(10)16/h2-4,7,13,15-16H,5-6H2,1H3,(H3,12,14,17). The monoisotopic (exact) mass is 239 g/mol. The Balaban J connectivity index is 2.52. The van der Waals surface area contributed by atoms with Gasteiger partial charge in [0.2, 0.25) is 0 Å². The molecule has 1 aromatic carbocycles. The van der Waals surface area contributed by atoms with Gasteiger partial charge in [0.15, 0.2) is 0 Å². The van der Waals surface area contributed by atoms with Gasteiger partial charge in [-0.1, -0.05) is 6.07 Å². The van der Waals surface area contributed by atoms with Crippen LogP contribution in [0.2, 0.25) is 0 Å². The van der Waals surface area contributed by atoms with E-state index in [2.05, 4.69) is 10.6 Å². The third kappa shape index (κ3) is 3.84. The highest BCUT2D eigenvalue weighted by atomic mass is 16.3. The summed E-state index contributed by atoms with van der Waals surface area (Å²) >= 11 is 0. The molecule has 0 fully saturated rings. The van der Waals surface area contributed by atoms with Crippen LogP contribution < -0.4 is 16.4 Å². The maximum atomic E-state index is 10.4. The first-order valence-electron chi connectivity index (χ1n) is 5.30. The van der Waals surface area contributed by atoms with Gasteiger partial charge in [-0.25, -0.2) is 4.79 Å². The minimum Gasteiger partial charge on any atom is -0.507 e. The summed E-state index contributed by atoms with van der Waals surface area (Å²) in [5.41, 5.74) is 5.35. The zero-order valence-corrected chi connectivity index (χ0v) is 9.60. The van der Waals surface area contributed by atoms with Crippen LogP contribution in [0.1, 0.15) is 18.5 Å². The summed E-state index contributed by atoms with van der Waals surface area (Å²) in [6.45, 7) is 2.67. The molecule has 0 bridgehead atoms. The Bertz CT molecular complexity index is 375. The lowest BCUT2D eigenvalue weighted by Gasteiger charge is -2.16. The first kappa shape index (κ1) is 13.1. The number of carbonyl (C=O) groups excluding carboxylic acids is 1. The van der Waals surface area contributed by atoms with Gasteiger partial charge >= 0.3 is 6.03 Å². The number of aromatic hydroxyl groups is 2. The van der Waals surface area contributed by atoms with Crippen LogP contribution in [0.3, 0.4) is 0 Å². The molecule has 0 aliphatic heterocycles. The maximum Gasteiger partial charge on any atom is 0.312 e. The molecule has 6 heteroatoms. The fraction of sp³-hybridized carbons (Fsp3) is 0.364. The normalized spacial score (nSPS) is 12.1. The molecule has 0 aromatic heterocycles. The van der Waals surface area contributed by atoms with Crippen molar-refractivity contribution in [2.45, 2.75) is 13.0 Å². The molecule has 1 rings (SSSR count). The van der Waals surface area contributed by atoms with Crippen LogP contribution >= 0.6 is 0 Å². The molecule has 1 unspecified atom stereocenters. The number of carbonyl (C=O) groups is 1. The topological polar surface area (TPSA) is 108 Å². The van der Waals surface area contributed by atoms with Gasteiger partial charge in [-0.2, -0.15) is 0 Å². The Morgan fingerprint density at radius 3 is 2.47 bits per heavy atom. The Kier molecular flexibility index (Phi) is 4.59. The van der Waals surface area contributed by atoms with E-state index in [-0.39, 0.29) is 17.5 Å². The molecule has 1 aromatic rings. The second-order valence-corrected chi connectivity index (χ2v) is 3.68. The molecule has 6 N–H and O–H groups in total. The molecule has 0 aliphatic carbocycles. The highest BCUT2D eigenvalue weighted by Gasteiger charge is 2.13. The second-order valence-electron chi connectivity index (χ2n) is 3.68. The number of phenols is 2. The summed E-state index contributed by atoms with van der Waals surface area (Å²) in [4.78, 5) is 10.4. The number of primary amides is 1. The van der Waals surface area contributed by atoms with Gasteiger partial charge in [-0.3, -0.25) is 0 Å². The van der Waals surface area contributed by atoms with Crippen molar-refractivity contribution in [1.29, 1.82) is 0 Å². The summed E-state index contributed by atoms with van der Waals surface area (Å²) in [5, 5.41) is 24.7. The van der Waals surface area contributed by atoms with Crippen molar-refractivity contribution in [2.75, 3.05) is 13.1 Å². The molecule has 2 amide bonds. The number of hydrogen-bond donors (Lipinski definition) is 5. The van der Waals surface area contributed by atoms with Crippen molar-refractivity contribution < 1.29 is 15.0 Å². The number of hydrogen-bond acceptors (Lipinski definition) is 4. The van der Waals surface area contributed by atoms with Gasteiger partial charge in [0.1, 0.15) is 11.5 Å². The molecular formula is C11H17N3O3. The average molecular weight is 239 g/mol. The van der Waals surface area contributed by atoms with Crippen molar-refractivity contribution in [3.8, 4) is 11.5 Å². The molecule has 0 spiro atoms. The van der Waals surface area contributed by atoms with Crippen molar-refractivity contribution in [3.05, 3.63) is 23.8 Å². The van der Waals surface area contributed by atoms with Gasteiger partial charge in [-0.05, 0) is 19.1 Å². The fourth-order valence-corrected chi connectivity index (χ4v) is 1.56. The number of nitrogens with two attached hydrogens (primary N) is 1. The first-order valence-corrected chi connectivity index (χ1v) is 5.30. The molecule has 0 saturated heterocycles. The zero-order chi connectivity index (χ0) is 12.8. The molecule has 1 atom stereocenters. The molecule has 6 nitrogen and oxygen atoms in total. The van der Waals surface area contributed by atoms with Crippen molar-refractivity contribution >= 4 is 6.03 Å². The van der Waals surface area contributed by atoms with Gasteiger partial charge in [-0.15, -0.1) is 0 Å². The lowest BCUT2D eigenvalue weighted by Crippen LogP contribution is -2.36. The molecule has 0 heterocycles. The van der Waals surface area contributed by atoms with Crippen LogP contribution in [0, 0.1) is 0 Å². The lowest BCUT2D eigenvalue weighted by molar-refractivity contribution is 0.248. The van der Waals surface area contributed by atoms with E-state index < -0.39 is 6.03 Å². The summed E-state index contributed by atoms with van der Waals surface area (Å²) in [6.07, 6.45) is 0. The lowest BCUT2D eigenvalue weighted by atomic mass is 10.1. The summed E-state index contributed by atoms with van der Waals surface area (Å²) < 4.78 is 0. The number of rotatable bonds is 5. The van der Waals surface area contributed by atoms with E-state index in [9.17, 15) is 15.0 Å². The van der Waals surface area contributed by atoms with E-state index in [1.807, 2.05) is 0 Å². The van der Waals surface area contributed by atoms with Gasteiger partial charge in [0.25, 0.3) is 0 Å². The van der Waals surface area contributed by atoms with Crippen LogP contribution in [0.15, 0.2) is 18.2 Å². The van der Waals surface area contributed by atoms with Crippen LogP contribution in [-0.4, -0.2) is 29.3 Å². The summed E-state index contributed by atoms with van der Waals surface area (Å²) in [6, 6.07) is 3.77. The Morgan fingerprint density at radius 2 is 1.94 bits per heavy atom. The highest BCUT2D eigenvalue weighted by molar-refractivity contribution is 5.71. The molecular weight excluding hydrogens is 222 g/mol. The number of urea groups is 1. The predicted octanol–water partition coefficient (Wildman–Crippen LogP) is 0.417. The first-order chi connectivity index (χ1) is 8.02. The quantitative estimate of drug-likeness (QED) is 0.480. The van der Waals surface area contributed by atoms with Crippen LogP contribution in [0.4, 0.5) is 4.79 Å². The summed E-state index contributed by atoms with van der Waals surface area (Å²) in [5.74, 6) is 0.0701. The van der Waals surface area contributed by atoms with Crippen LogP contribution in [0.25, 0.3) is 0 Å². The highest BCUT2D eigenvalue weighted by Crippen LogP contribution is 2.31. The maximum absolute atomic E-state index is 10.4. The molecule has 17 heavy (non-hydrogen) atoms. The van der Waals surface area contributed by atoms with E-state index in [0.717, 1.165) is 0 Å². The number of nitrogens with one attached hydrogen (secondary N) is 2.